The summed E-state index contributed by atoms with van der Waals surface area (Å²) in [7, 11) is 0. The largest absolute Gasteiger partial charge is 0.397 e. The highest BCUT2D eigenvalue weighted by Gasteiger charge is 2.05. The van der Waals surface area contributed by atoms with Crippen LogP contribution in [0.15, 0.2) is 16.6 Å². The van der Waals surface area contributed by atoms with Gasteiger partial charge in [-0.15, -0.1) is 0 Å². The summed E-state index contributed by atoms with van der Waals surface area (Å²) in [5.74, 6) is 0.379. The molecule has 0 atom stereocenters. The molecule has 1 aromatic rings. The third-order valence-corrected chi connectivity index (χ3v) is 2.97. The fourth-order valence-corrected chi connectivity index (χ4v) is 1.79. The lowest BCUT2D eigenvalue weighted by atomic mass is 10.1. The Balaban J connectivity index is 2.51. The highest BCUT2D eigenvalue weighted by Crippen LogP contribution is 2.26. The van der Waals surface area contributed by atoms with Crippen molar-refractivity contribution in [2.24, 2.45) is 5.92 Å². The minimum Gasteiger partial charge on any atom is -0.397 e. The number of benzene rings is 1. The van der Waals surface area contributed by atoms with Crippen LogP contribution in [-0.4, -0.2) is 6.54 Å². The van der Waals surface area contributed by atoms with Crippen LogP contribution in [0.25, 0.3) is 0 Å². The molecule has 0 aromatic heterocycles. The molecule has 4 heteroatoms. The molecule has 0 aliphatic heterocycles. The summed E-state index contributed by atoms with van der Waals surface area (Å²) >= 11 is 3.14. The monoisotopic (exact) mass is 288 g/mol. The summed E-state index contributed by atoms with van der Waals surface area (Å²) in [5.41, 5.74) is 6.95. The van der Waals surface area contributed by atoms with E-state index in [0.717, 1.165) is 18.7 Å². The molecule has 1 rings (SSSR count). The Bertz CT molecular complexity index is 353. The van der Waals surface area contributed by atoms with Crippen LogP contribution in [0.3, 0.4) is 0 Å². The molecule has 1 aromatic carbocycles. The van der Waals surface area contributed by atoms with Crippen LogP contribution in [-0.2, 0) is 0 Å². The van der Waals surface area contributed by atoms with Gasteiger partial charge in [-0.3, -0.25) is 0 Å². The molecule has 0 aliphatic carbocycles. The molecule has 0 saturated heterocycles. The average Bonchev–Trinajstić information content (AvgIpc) is 2.19. The standard InChI is InChI=1S/C12H18BrFN2/c1-8(2)4-3-5-16-12-6-9(13)10(14)7-11(12)15/h6-8,16H,3-5,15H2,1-2H3. The van der Waals surface area contributed by atoms with Gasteiger partial charge in [0.05, 0.1) is 15.8 Å². The number of rotatable bonds is 5. The van der Waals surface area contributed by atoms with E-state index in [9.17, 15) is 4.39 Å². The van der Waals surface area contributed by atoms with Crippen LogP contribution in [0.5, 0.6) is 0 Å². The lowest BCUT2D eigenvalue weighted by molar-refractivity contribution is 0.567. The predicted octanol–water partition coefficient (Wildman–Crippen LogP) is 4.02. The van der Waals surface area contributed by atoms with Crippen LogP contribution < -0.4 is 11.1 Å². The van der Waals surface area contributed by atoms with E-state index in [-0.39, 0.29) is 5.82 Å². The molecule has 0 unspecified atom stereocenters. The molecule has 0 spiro atoms. The Morgan fingerprint density at radius 2 is 2.12 bits per heavy atom. The smallest absolute Gasteiger partial charge is 0.139 e. The first-order chi connectivity index (χ1) is 7.50. The van der Waals surface area contributed by atoms with Crippen molar-refractivity contribution < 1.29 is 4.39 Å². The maximum absolute atomic E-state index is 13.1. The van der Waals surface area contributed by atoms with Gasteiger partial charge >= 0.3 is 0 Å². The molecule has 16 heavy (non-hydrogen) atoms. The Kier molecular flexibility index (Phi) is 5.06. The van der Waals surface area contributed by atoms with Gasteiger partial charge in [0, 0.05) is 12.6 Å². The third kappa shape index (κ3) is 4.00. The summed E-state index contributed by atoms with van der Waals surface area (Å²) in [5, 5.41) is 3.21. The number of halogens is 2. The molecule has 0 heterocycles. The highest BCUT2D eigenvalue weighted by molar-refractivity contribution is 9.10. The summed E-state index contributed by atoms with van der Waals surface area (Å²) in [6, 6.07) is 3.01. The average molecular weight is 289 g/mol. The summed E-state index contributed by atoms with van der Waals surface area (Å²) in [4.78, 5) is 0. The number of nitrogen functional groups attached to an aromatic ring is 1. The maximum atomic E-state index is 13.1. The topological polar surface area (TPSA) is 38.0 Å². The minimum atomic E-state index is -0.328. The van der Waals surface area contributed by atoms with Crippen molar-refractivity contribution >= 4 is 27.3 Å². The lowest BCUT2D eigenvalue weighted by Crippen LogP contribution is -2.05. The fraction of sp³-hybridized carbons (Fsp3) is 0.500. The van der Waals surface area contributed by atoms with Crippen molar-refractivity contribution in [3.8, 4) is 0 Å². The number of nitrogens with one attached hydrogen (secondary N) is 1. The molecule has 0 fully saturated rings. The van der Waals surface area contributed by atoms with Crippen molar-refractivity contribution in [1.82, 2.24) is 0 Å². The van der Waals surface area contributed by atoms with Gasteiger partial charge in [0.2, 0.25) is 0 Å². The number of hydrogen-bond donors (Lipinski definition) is 2. The highest BCUT2D eigenvalue weighted by atomic mass is 79.9. The van der Waals surface area contributed by atoms with Gasteiger partial charge in [-0.05, 0) is 40.8 Å². The van der Waals surface area contributed by atoms with Gasteiger partial charge in [0.25, 0.3) is 0 Å². The van der Waals surface area contributed by atoms with E-state index in [0.29, 0.717) is 16.1 Å². The van der Waals surface area contributed by atoms with E-state index < -0.39 is 0 Å². The van der Waals surface area contributed by atoms with Crippen molar-refractivity contribution in [1.29, 1.82) is 0 Å². The fourth-order valence-electron chi connectivity index (χ4n) is 1.45. The molecular weight excluding hydrogens is 271 g/mol. The van der Waals surface area contributed by atoms with E-state index in [1.54, 1.807) is 6.07 Å². The third-order valence-electron chi connectivity index (χ3n) is 2.37. The van der Waals surface area contributed by atoms with Crippen LogP contribution >= 0.6 is 15.9 Å². The summed E-state index contributed by atoms with van der Waals surface area (Å²) < 4.78 is 13.5. The van der Waals surface area contributed by atoms with E-state index in [2.05, 4.69) is 35.1 Å². The first-order valence-electron chi connectivity index (χ1n) is 5.49. The Labute approximate surface area is 105 Å². The van der Waals surface area contributed by atoms with Gasteiger partial charge < -0.3 is 11.1 Å². The first kappa shape index (κ1) is 13.3. The normalized spacial score (nSPS) is 10.8. The van der Waals surface area contributed by atoms with Gasteiger partial charge in [-0.2, -0.15) is 0 Å². The van der Waals surface area contributed by atoms with E-state index in [1.807, 2.05) is 0 Å². The summed E-state index contributed by atoms with van der Waals surface area (Å²) in [6.07, 6.45) is 2.27. The zero-order chi connectivity index (χ0) is 12.1. The van der Waals surface area contributed by atoms with Crippen LogP contribution in [0.4, 0.5) is 15.8 Å². The lowest BCUT2D eigenvalue weighted by Gasteiger charge is -2.11. The Morgan fingerprint density at radius 3 is 2.75 bits per heavy atom. The quantitative estimate of drug-likeness (QED) is 0.634. The second kappa shape index (κ2) is 6.09. The molecule has 90 valence electrons. The van der Waals surface area contributed by atoms with Crippen molar-refractivity contribution in [2.75, 3.05) is 17.6 Å². The van der Waals surface area contributed by atoms with E-state index in [4.69, 9.17) is 5.73 Å². The van der Waals surface area contributed by atoms with Gasteiger partial charge in [0.1, 0.15) is 5.82 Å². The molecular formula is C12H18BrFN2. The zero-order valence-corrected chi connectivity index (χ0v) is 11.3. The Morgan fingerprint density at radius 1 is 1.44 bits per heavy atom. The Hall–Kier alpha value is -0.770. The molecule has 3 N–H and O–H groups in total. The number of nitrogens with two attached hydrogens (primary N) is 1. The SMILES string of the molecule is CC(C)CCCNc1cc(Br)c(F)cc1N. The van der Waals surface area contributed by atoms with Gasteiger partial charge in [-0.1, -0.05) is 13.8 Å². The minimum absolute atomic E-state index is 0.328. The van der Waals surface area contributed by atoms with Gasteiger partial charge in [0.15, 0.2) is 0 Å². The molecule has 2 nitrogen and oxygen atoms in total. The molecule has 0 radical (unpaired) electrons. The van der Waals surface area contributed by atoms with E-state index >= 15 is 0 Å². The zero-order valence-electron chi connectivity index (χ0n) is 9.69. The van der Waals surface area contributed by atoms with Crippen molar-refractivity contribution in [3.05, 3.63) is 22.4 Å². The second-order valence-electron chi connectivity index (χ2n) is 4.32. The number of anilines is 2. The van der Waals surface area contributed by atoms with Gasteiger partial charge in [-0.25, -0.2) is 4.39 Å². The molecule has 0 saturated carbocycles. The maximum Gasteiger partial charge on any atom is 0.139 e. The number of hydrogen-bond acceptors (Lipinski definition) is 2. The second-order valence-corrected chi connectivity index (χ2v) is 5.17. The van der Waals surface area contributed by atoms with Crippen LogP contribution in [0.2, 0.25) is 0 Å². The first-order valence-corrected chi connectivity index (χ1v) is 6.28. The van der Waals surface area contributed by atoms with Crippen LogP contribution in [0.1, 0.15) is 26.7 Å². The van der Waals surface area contributed by atoms with Crippen LogP contribution in [0, 0.1) is 11.7 Å². The van der Waals surface area contributed by atoms with E-state index in [1.165, 1.54) is 12.5 Å². The molecule has 0 amide bonds. The molecule has 0 bridgehead atoms. The van der Waals surface area contributed by atoms with Crippen molar-refractivity contribution in [3.63, 3.8) is 0 Å². The van der Waals surface area contributed by atoms with Crippen molar-refractivity contribution in [2.45, 2.75) is 26.7 Å². The summed E-state index contributed by atoms with van der Waals surface area (Å²) in [6.45, 7) is 5.26. The predicted molar refractivity (Wildman–Crippen MR) is 71.1 cm³/mol. The molecule has 0 aliphatic rings.